The number of carbonyl (C=O) groups is 1. The van der Waals surface area contributed by atoms with Crippen LogP contribution in [0.5, 0.6) is 0 Å². The van der Waals surface area contributed by atoms with Crippen LogP contribution in [0.3, 0.4) is 0 Å². The van der Waals surface area contributed by atoms with E-state index in [1.807, 2.05) is 17.9 Å². The normalized spacial score (nSPS) is 28.4. The van der Waals surface area contributed by atoms with E-state index in [2.05, 4.69) is 41.1 Å². The summed E-state index contributed by atoms with van der Waals surface area (Å²) in [6.45, 7) is 12.2. The maximum atomic E-state index is 13.9. The van der Waals surface area contributed by atoms with Crippen LogP contribution in [0.2, 0.25) is 0 Å². The lowest BCUT2D eigenvalue weighted by atomic mass is 9.85. The van der Waals surface area contributed by atoms with Crippen molar-refractivity contribution in [3.8, 4) is 0 Å². The number of piperazine rings is 1. The summed E-state index contributed by atoms with van der Waals surface area (Å²) < 4.78 is 19.0. The lowest BCUT2D eigenvalue weighted by molar-refractivity contribution is -0.121. The molecule has 0 aliphatic carbocycles. The minimum absolute atomic E-state index is 0.0245. The van der Waals surface area contributed by atoms with Gasteiger partial charge in [0.05, 0.1) is 26.4 Å². The second kappa shape index (κ2) is 11.4. The fourth-order valence-electron chi connectivity index (χ4n) is 6.10. The molecule has 3 aliphatic rings. The van der Waals surface area contributed by atoms with Crippen molar-refractivity contribution in [3.05, 3.63) is 65.0 Å². The summed E-state index contributed by atoms with van der Waals surface area (Å²) in [5.74, 6) is -0.182. The van der Waals surface area contributed by atoms with Gasteiger partial charge in [-0.1, -0.05) is 31.2 Å². The molecule has 3 heterocycles. The average molecular weight is 525 g/mol. The first-order valence-corrected chi connectivity index (χ1v) is 13.8. The van der Waals surface area contributed by atoms with Crippen molar-refractivity contribution in [3.63, 3.8) is 0 Å². The molecule has 4 atom stereocenters. The number of amides is 1. The molecule has 5 rings (SSSR count). The SMILES string of the molecule is C[C@@H]1CN(CC(=O)N2CC(C)(CO)c3ccc(Cc4ccc(F)cc4)cc32)[C@@H](CN2CCOC[C@H]2C)CN1. The number of fused-ring (bicyclic) bond motifs is 1. The highest BCUT2D eigenvalue weighted by molar-refractivity contribution is 5.97. The number of carbonyl (C=O) groups excluding carboxylic acids is 1. The number of hydrogen-bond donors (Lipinski definition) is 2. The Kier molecular flexibility index (Phi) is 8.16. The number of anilines is 1. The standard InChI is InChI=1S/C30H41FN4O3/c1-21-15-34(26(14-32-21)16-33-10-11-38-18-22(33)2)17-29(37)35-19-30(3,20-36)27-9-6-24(13-28(27)35)12-23-4-7-25(31)8-5-23/h4-9,13,21-22,26,32,36H,10-12,14-20H2,1-3H3/t21-,22-,26-,30?/m1/s1. The highest BCUT2D eigenvalue weighted by Gasteiger charge is 2.42. The largest absolute Gasteiger partial charge is 0.395 e. The molecule has 206 valence electrons. The van der Waals surface area contributed by atoms with Gasteiger partial charge in [0.25, 0.3) is 0 Å². The number of benzene rings is 2. The molecule has 2 fully saturated rings. The van der Waals surface area contributed by atoms with E-state index in [1.165, 1.54) is 12.1 Å². The van der Waals surface area contributed by atoms with Crippen molar-refractivity contribution in [1.29, 1.82) is 0 Å². The molecule has 0 spiro atoms. The first kappa shape index (κ1) is 27.2. The number of ether oxygens (including phenoxy) is 1. The van der Waals surface area contributed by atoms with E-state index in [1.54, 1.807) is 12.1 Å². The maximum absolute atomic E-state index is 13.9. The van der Waals surface area contributed by atoms with Crippen LogP contribution in [0.15, 0.2) is 42.5 Å². The second-order valence-corrected chi connectivity index (χ2v) is 11.7. The summed E-state index contributed by atoms with van der Waals surface area (Å²) in [5, 5.41) is 13.9. The summed E-state index contributed by atoms with van der Waals surface area (Å²) in [5.41, 5.74) is 3.46. The lowest BCUT2D eigenvalue weighted by Crippen LogP contribution is -2.62. The Morgan fingerprint density at radius 1 is 1.16 bits per heavy atom. The molecule has 2 aromatic carbocycles. The van der Waals surface area contributed by atoms with Crippen LogP contribution in [0.25, 0.3) is 0 Å². The number of nitrogens with zero attached hydrogens (tertiary/aromatic N) is 3. The molecule has 8 heteroatoms. The first-order valence-electron chi connectivity index (χ1n) is 13.8. The predicted molar refractivity (Wildman–Crippen MR) is 147 cm³/mol. The number of halogens is 1. The first-order chi connectivity index (χ1) is 18.3. The highest BCUT2D eigenvalue weighted by atomic mass is 19.1. The van der Waals surface area contributed by atoms with E-state index in [9.17, 15) is 14.3 Å². The van der Waals surface area contributed by atoms with Crippen molar-refractivity contribution in [2.75, 3.05) is 64.0 Å². The Morgan fingerprint density at radius 3 is 2.66 bits per heavy atom. The predicted octanol–water partition coefficient (Wildman–Crippen LogP) is 2.40. The van der Waals surface area contributed by atoms with E-state index in [4.69, 9.17) is 4.74 Å². The zero-order valence-corrected chi connectivity index (χ0v) is 22.8. The number of aliphatic hydroxyl groups is 1. The van der Waals surface area contributed by atoms with Crippen LogP contribution >= 0.6 is 0 Å². The van der Waals surface area contributed by atoms with Crippen LogP contribution in [0.4, 0.5) is 10.1 Å². The van der Waals surface area contributed by atoms with Gasteiger partial charge in [-0.3, -0.25) is 14.6 Å². The van der Waals surface area contributed by atoms with Crippen molar-refractivity contribution in [1.82, 2.24) is 15.1 Å². The third-order valence-electron chi connectivity index (χ3n) is 8.50. The minimum Gasteiger partial charge on any atom is -0.395 e. The molecule has 2 N–H and O–H groups in total. The minimum atomic E-state index is -0.501. The Bertz CT molecular complexity index is 1130. The Hall–Kier alpha value is -2.36. The molecule has 7 nitrogen and oxygen atoms in total. The molecular formula is C30H41FN4O3. The molecule has 0 aromatic heterocycles. The van der Waals surface area contributed by atoms with Crippen molar-refractivity contribution in [2.45, 2.75) is 50.7 Å². The lowest BCUT2D eigenvalue weighted by Gasteiger charge is -2.43. The molecule has 38 heavy (non-hydrogen) atoms. The smallest absolute Gasteiger partial charge is 0.241 e. The summed E-state index contributed by atoms with van der Waals surface area (Å²) >= 11 is 0. The van der Waals surface area contributed by atoms with E-state index in [-0.39, 0.29) is 24.4 Å². The molecule has 0 radical (unpaired) electrons. The quantitative estimate of drug-likeness (QED) is 0.580. The average Bonchev–Trinajstić information content (AvgIpc) is 3.21. The Morgan fingerprint density at radius 2 is 1.92 bits per heavy atom. The van der Waals surface area contributed by atoms with Gasteiger partial charge in [0.15, 0.2) is 0 Å². The third kappa shape index (κ3) is 5.80. The van der Waals surface area contributed by atoms with Crippen molar-refractivity contribution in [2.24, 2.45) is 0 Å². The van der Waals surface area contributed by atoms with Crippen molar-refractivity contribution < 1.29 is 19.0 Å². The molecule has 0 bridgehead atoms. The number of nitrogens with one attached hydrogen (secondary N) is 1. The molecule has 3 aliphatic heterocycles. The van der Waals surface area contributed by atoms with Gasteiger partial charge in [0.2, 0.25) is 5.91 Å². The number of hydrogen-bond acceptors (Lipinski definition) is 6. The zero-order chi connectivity index (χ0) is 26.9. The van der Waals surface area contributed by atoms with Gasteiger partial charge in [0.1, 0.15) is 5.82 Å². The zero-order valence-electron chi connectivity index (χ0n) is 22.8. The van der Waals surface area contributed by atoms with Gasteiger partial charge in [0, 0.05) is 62.0 Å². The van der Waals surface area contributed by atoms with E-state index >= 15 is 0 Å². The fraction of sp³-hybridized carbons (Fsp3) is 0.567. The third-order valence-corrected chi connectivity index (χ3v) is 8.50. The van der Waals surface area contributed by atoms with Crippen LogP contribution in [-0.2, 0) is 21.4 Å². The number of rotatable bonds is 7. The van der Waals surface area contributed by atoms with Crippen molar-refractivity contribution >= 4 is 11.6 Å². The molecule has 1 amide bonds. The summed E-state index contributed by atoms with van der Waals surface area (Å²) in [6, 6.07) is 13.7. The Labute approximate surface area is 225 Å². The van der Waals surface area contributed by atoms with E-state index in [0.717, 1.165) is 61.8 Å². The van der Waals surface area contributed by atoms with E-state index < -0.39 is 5.41 Å². The monoisotopic (exact) mass is 524 g/mol. The van der Waals surface area contributed by atoms with Gasteiger partial charge >= 0.3 is 0 Å². The summed E-state index contributed by atoms with van der Waals surface area (Å²) in [7, 11) is 0. The molecule has 2 saturated heterocycles. The molecule has 2 aromatic rings. The summed E-state index contributed by atoms with van der Waals surface area (Å²) in [6.07, 6.45) is 0.653. The van der Waals surface area contributed by atoms with Crippen LogP contribution in [0, 0.1) is 5.82 Å². The Balaban J connectivity index is 1.35. The molecule has 1 unspecified atom stereocenters. The van der Waals surface area contributed by atoms with Gasteiger partial charge in [-0.15, -0.1) is 0 Å². The summed E-state index contributed by atoms with van der Waals surface area (Å²) in [4.78, 5) is 20.6. The molecule has 0 saturated carbocycles. The van der Waals surface area contributed by atoms with Gasteiger partial charge < -0.3 is 20.1 Å². The van der Waals surface area contributed by atoms with Crippen LogP contribution in [0.1, 0.15) is 37.5 Å². The highest BCUT2D eigenvalue weighted by Crippen LogP contribution is 2.41. The topological polar surface area (TPSA) is 68.3 Å². The van der Waals surface area contributed by atoms with Crippen LogP contribution < -0.4 is 10.2 Å². The number of aliphatic hydroxyl groups excluding tert-OH is 1. The van der Waals surface area contributed by atoms with Crippen LogP contribution in [-0.4, -0.2) is 98.0 Å². The van der Waals surface area contributed by atoms with Gasteiger partial charge in [-0.05, 0) is 55.2 Å². The molecular weight excluding hydrogens is 483 g/mol. The van der Waals surface area contributed by atoms with Gasteiger partial charge in [-0.2, -0.15) is 0 Å². The van der Waals surface area contributed by atoms with E-state index in [0.29, 0.717) is 31.6 Å². The maximum Gasteiger partial charge on any atom is 0.241 e. The number of morpholine rings is 1. The fourth-order valence-corrected chi connectivity index (χ4v) is 6.10. The van der Waals surface area contributed by atoms with Gasteiger partial charge in [-0.25, -0.2) is 4.39 Å². The second-order valence-electron chi connectivity index (χ2n) is 11.7.